The van der Waals surface area contributed by atoms with Gasteiger partial charge in [-0.05, 0) is 36.2 Å². The lowest BCUT2D eigenvalue weighted by Crippen LogP contribution is -2.43. The first kappa shape index (κ1) is 15.7. The molecule has 0 N–H and O–H groups in total. The third-order valence-electron chi connectivity index (χ3n) is 4.30. The van der Waals surface area contributed by atoms with E-state index in [-0.39, 0.29) is 0 Å². The van der Waals surface area contributed by atoms with Crippen LogP contribution in [0.25, 0.3) is 0 Å². The highest BCUT2D eigenvalue weighted by atomic mass is 16.5. The molecule has 3 rings (SSSR count). The van der Waals surface area contributed by atoms with Crippen LogP contribution in [0.5, 0.6) is 17.2 Å². The van der Waals surface area contributed by atoms with Crippen molar-refractivity contribution in [1.82, 2.24) is 4.90 Å². The van der Waals surface area contributed by atoms with Gasteiger partial charge in [0.1, 0.15) is 23.9 Å². The van der Waals surface area contributed by atoms with E-state index < -0.39 is 0 Å². The highest BCUT2D eigenvalue weighted by Crippen LogP contribution is 2.34. The molecule has 0 amide bonds. The molecule has 4 heteroatoms. The highest BCUT2D eigenvalue weighted by Gasteiger charge is 2.29. The Morgan fingerprint density at radius 3 is 2.35 bits per heavy atom. The van der Waals surface area contributed by atoms with Crippen molar-refractivity contribution >= 4 is 0 Å². The molecule has 1 unspecified atom stereocenters. The van der Waals surface area contributed by atoms with Gasteiger partial charge in [0.05, 0.1) is 14.2 Å². The topological polar surface area (TPSA) is 30.9 Å². The molecule has 0 spiro atoms. The standard InChI is InChI=1S/C19H23NO3/c1-21-16-6-3-5-15(13-16)19-9-10-20(19)11-12-23-18-8-4-7-17(14-18)22-2/h3-8,13-14,19H,9-12H2,1-2H3. The predicted molar refractivity (Wildman–Crippen MR) is 90.4 cm³/mol. The smallest absolute Gasteiger partial charge is 0.123 e. The molecule has 122 valence electrons. The summed E-state index contributed by atoms with van der Waals surface area (Å²) in [6.07, 6.45) is 1.19. The third-order valence-corrected chi connectivity index (χ3v) is 4.30. The summed E-state index contributed by atoms with van der Waals surface area (Å²) in [6, 6.07) is 16.5. The van der Waals surface area contributed by atoms with Crippen LogP contribution in [0.4, 0.5) is 0 Å². The Hall–Kier alpha value is -2.20. The summed E-state index contributed by atoms with van der Waals surface area (Å²) < 4.78 is 16.4. The fraction of sp³-hybridized carbons (Fsp3) is 0.368. The molecule has 4 nitrogen and oxygen atoms in total. The molecule has 1 atom stereocenters. The van der Waals surface area contributed by atoms with Crippen molar-refractivity contribution in [3.63, 3.8) is 0 Å². The van der Waals surface area contributed by atoms with Crippen LogP contribution in [0.1, 0.15) is 18.0 Å². The van der Waals surface area contributed by atoms with Crippen molar-refractivity contribution in [1.29, 1.82) is 0 Å². The monoisotopic (exact) mass is 313 g/mol. The van der Waals surface area contributed by atoms with Crippen LogP contribution in [-0.2, 0) is 0 Å². The summed E-state index contributed by atoms with van der Waals surface area (Å²) in [5, 5.41) is 0. The minimum Gasteiger partial charge on any atom is -0.497 e. The van der Waals surface area contributed by atoms with Crippen molar-refractivity contribution in [2.24, 2.45) is 0 Å². The molecule has 1 aliphatic heterocycles. The second kappa shape index (κ2) is 7.38. The van der Waals surface area contributed by atoms with E-state index in [4.69, 9.17) is 14.2 Å². The largest absolute Gasteiger partial charge is 0.497 e. The molecule has 0 aliphatic carbocycles. The molecule has 1 heterocycles. The molecule has 1 saturated heterocycles. The average Bonchev–Trinajstić information content (AvgIpc) is 2.58. The van der Waals surface area contributed by atoms with Crippen molar-refractivity contribution in [2.75, 3.05) is 33.9 Å². The molecular formula is C19H23NO3. The maximum Gasteiger partial charge on any atom is 0.123 e. The Morgan fingerprint density at radius 1 is 0.957 bits per heavy atom. The minimum atomic E-state index is 0.471. The molecule has 2 aromatic rings. The first-order chi connectivity index (χ1) is 11.3. The Kier molecular flexibility index (Phi) is 5.03. The van der Waals surface area contributed by atoms with Gasteiger partial charge in [-0.3, -0.25) is 4.90 Å². The van der Waals surface area contributed by atoms with Gasteiger partial charge >= 0.3 is 0 Å². The molecule has 0 saturated carbocycles. The minimum absolute atomic E-state index is 0.471. The van der Waals surface area contributed by atoms with Crippen molar-refractivity contribution in [2.45, 2.75) is 12.5 Å². The molecule has 0 aromatic heterocycles. The Labute approximate surface area is 137 Å². The first-order valence-corrected chi connectivity index (χ1v) is 7.95. The van der Waals surface area contributed by atoms with Crippen molar-refractivity contribution in [3.8, 4) is 17.2 Å². The number of ether oxygens (including phenoxy) is 3. The summed E-state index contributed by atoms with van der Waals surface area (Å²) in [5.74, 6) is 2.59. The van der Waals surface area contributed by atoms with E-state index in [0.29, 0.717) is 12.6 Å². The number of hydrogen-bond donors (Lipinski definition) is 0. The van der Waals surface area contributed by atoms with Gasteiger partial charge in [-0.2, -0.15) is 0 Å². The van der Waals surface area contributed by atoms with Crippen LogP contribution in [0, 0.1) is 0 Å². The van der Waals surface area contributed by atoms with Gasteiger partial charge in [0.15, 0.2) is 0 Å². The van der Waals surface area contributed by atoms with Crippen LogP contribution in [-0.4, -0.2) is 38.8 Å². The second-order valence-electron chi connectivity index (χ2n) is 5.64. The van der Waals surface area contributed by atoms with Gasteiger partial charge in [-0.15, -0.1) is 0 Å². The number of likely N-dealkylation sites (tertiary alicyclic amines) is 1. The fourth-order valence-electron chi connectivity index (χ4n) is 2.91. The van der Waals surface area contributed by atoms with Gasteiger partial charge in [0.2, 0.25) is 0 Å². The Bertz CT molecular complexity index is 644. The van der Waals surface area contributed by atoms with Crippen LogP contribution in [0.2, 0.25) is 0 Å². The normalized spacial score (nSPS) is 17.4. The molecule has 1 fully saturated rings. The molecule has 1 aliphatic rings. The van der Waals surface area contributed by atoms with E-state index >= 15 is 0 Å². The lowest BCUT2D eigenvalue weighted by Gasteiger charge is -2.41. The van der Waals surface area contributed by atoms with Crippen molar-refractivity contribution < 1.29 is 14.2 Å². The van der Waals surface area contributed by atoms with Gasteiger partial charge in [0, 0.05) is 25.2 Å². The van der Waals surface area contributed by atoms with E-state index in [0.717, 1.165) is 30.3 Å². The molecule has 23 heavy (non-hydrogen) atoms. The first-order valence-electron chi connectivity index (χ1n) is 7.95. The number of benzene rings is 2. The quantitative estimate of drug-likeness (QED) is 0.782. The lowest BCUT2D eigenvalue weighted by molar-refractivity contribution is 0.0725. The lowest BCUT2D eigenvalue weighted by atomic mass is 9.95. The number of methoxy groups -OCH3 is 2. The summed E-state index contributed by atoms with van der Waals surface area (Å²) in [5.41, 5.74) is 1.32. The molecule has 0 radical (unpaired) electrons. The third kappa shape index (κ3) is 3.77. The Balaban J connectivity index is 1.52. The van der Waals surface area contributed by atoms with E-state index in [2.05, 4.69) is 23.1 Å². The van der Waals surface area contributed by atoms with Gasteiger partial charge in [-0.25, -0.2) is 0 Å². The fourth-order valence-corrected chi connectivity index (χ4v) is 2.91. The number of hydrogen-bond acceptors (Lipinski definition) is 4. The van der Waals surface area contributed by atoms with E-state index in [9.17, 15) is 0 Å². The highest BCUT2D eigenvalue weighted by molar-refractivity contribution is 5.33. The summed E-state index contributed by atoms with van der Waals surface area (Å²) >= 11 is 0. The van der Waals surface area contributed by atoms with Crippen LogP contribution in [0.15, 0.2) is 48.5 Å². The predicted octanol–water partition coefficient (Wildman–Crippen LogP) is 3.53. The number of nitrogens with zero attached hydrogens (tertiary/aromatic N) is 1. The van der Waals surface area contributed by atoms with Crippen LogP contribution < -0.4 is 14.2 Å². The SMILES string of the molecule is COc1cccc(OCCN2CCC2c2cccc(OC)c2)c1. The molecular weight excluding hydrogens is 290 g/mol. The van der Waals surface area contributed by atoms with E-state index in [1.807, 2.05) is 30.3 Å². The van der Waals surface area contributed by atoms with Gasteiger partial charge < -0.3 is 14.2 Å². The van der Waals surface area contributed by atoms with Gasteiger partial charge in [-0.1, -0.05) is 18.2 Å². The summed E-state index contributed by atoms with van der Waals surface area (Å²) in [6.45, 7) is 2.70. The van der Waals surface area contributed by atoms with E-state index in [1.54, 1.807) is 14.2 Å². The van der Waals surface area contributed by atoms with E-state index in [1.165, 1.54) is 12.0 Å². The maximum absolute atomic E-state index is 5.84. The second-order valence-corrected chi connectivity index (χ2v) is 5.64. The molecule has 0 bridgehead atoms. The zero-order valence-corrected chi connectivity index (χ0v) is 13.7. The summed E-state index contributed by atoms with van der Waals surface area (Å²) in [7, 11) is 3.37. The Morgan fingerprint density at radius 2 is 1.65 bits per heavy atom. The average molecular weight is 313 g/mol. The zero-order chi connectivity index (χ0) is 16.1. The summed E-state index contributed by atoms with van der Waals surface area (Å²) in [4.78, 5) is 2.44. The molecule has 2 aromatic carbocycles. The van der Waals surface area contributed by atoms with Crippen LogP contribution >= 0.6 is 0 Å². The van der Waals surface area contributed by atoms with Crippen molar-refractivity contribution in [3.05, 3.63) is 54.1 Å². The number of rotatable bonds is 7. The zero-order valence-electron chi connectivity index (χ0n) is 13.7. The maximum atomic E-state index is 5.84. The van der Waals surface area contributed by atoms with Gasteiger partial charge in [0.25, 0.3) is 0 Å². The van der Waals surface area contributed by atoms with Crippen LogP contribution in [0.3, 0.4) is 0 Å².